The van der Waals surface area contributed by atoms with Crippen molar-refractivity contribution in [3.63, 3.8) is 0 Å². The fraction of sp³-hybridized carbons (Fsp3) is 0.333. The van der Waals surface area contributed by atoms with Crippen LogP contribution in [0.3, 0.4) is 0 Å². The summed E-state index contributed by atoms with van der Waals surface area (Å²) in [6, 6.07) is 8.02. The minimum Gasteiger partial charge on any atom is -0.491 e. The van der Waals surface area contributed by atoms with Gasteiger partial charge >= 0.3 is 0 Å². The van der Waals surface area contributed by atoms with Gasteiger partial charge in [0.1, 0.15) is 11.9 Å². The fourth-order valence-electron chi connectivity index (χ4n) is 4.11. The number of nitrogens with one attached hydrogen (secondary N) is 1. The highest BCUT2D eigenvalue weighted by Crippen LogP contribution is 2.33. The third kappa shape index (κ3) is 5.04. The molecule has 9 nitrogen and oxygen atoms in total. The number of aromatic hydroxyl groups is 1. The summed E-state index contributed by atoms with van der Waals surface area (Å²) in [5.74, 6) is -1.73. The Hall–Kier alpha value is -3.73. The standard InChI is InChI=1S/C24H27FN4O5Si/c1-5-33-21-9-7-15-17(27-21)10-11-29(24(32)18-13-20(30)28-34-18)22(15)23(31)26-14-6-8-19(16(25)12-14)35(2,3)4/h6-9,12-13,22H,5,10-11H2,1-4H3,(H,26,31)(H,28,30)/t22-/m0/s1. The molecule has 2 N–H and O–H groups in total. The number of pyridine rings is 1. The summed E-state index contributed by atoms with van der Waals surface area (Å²) in [4.78, 5) is 32.5. The largest absolute Gasteiger partial charge is 0.491 e. The molecule has 0 aliphatic carbocycles. The van der Waals surface area contributed by atoms with Crippen LogP contribution in [0.5, 0.6) is 11.8 Å². The number of nitrogens with zero attached hydrogens (tertiary/aromatic N) is 3. The highest BCUT2D eigenvalue weighted by molar-refractivity contribution is 6.88. The van der Waals surface area contributed by atoms with Gasteiger partial charge in [0.15, 0.2) is 0 Å². The maximum absolute atomic E-state index is 14.8. The van der Waals surface area contributed by atoms with Gasteiger partial charge in [0.05, 0.1) is 26.4 Å². The van der Waals surface area contributed by atoms with E-state index in [0.29, 0.717) is 35.4 Å². The lowest BCUT2D eigenvalue weighted by Gasteiger charge is -2.35. The number of carbonyl (C=O) groups is 2. The summed E-state index contributed by atoms with van der Waals surface area (Å²) >= 11 is 0. The Morgan fingerprint density at radius 3 is 2.66 bits per heavy atom. The third-order valence-corrected chi connectivity index (χ3v) is 7.76. The number of anilines is 1. The quantitative estimate of drug-likeness (QED) is 0.501. The monoisotopic (exact) mass is 498 g/mol. The Balaban J connectivity index is 1.69. The number of benzene rings is 1. The highest BCUT2D eigenvalue weighted by atomic mass is 28.3. The van der Waals surface area contributed by atoms with Crippen LogP contribution in [-0.4, -0.2) is 53.2 Å². The van der Waals surface area contributed by atoms with Crippen molar-refractivity contribution in [3.05, 3.63) is 59.2 Å². The van der Waals surface area contributed by atoms with Gasteiger partial charge in [0.2, 0.25) is 11.6 Å². The molecule has 11 heteroatoms. The Labute approximate surface area is 202 Å². The van der Waals surface area contributed by atoms with Crippen LogP contribution in [0.2, 0.25) is 19.6 Å². The number of ether oxygens (including phenoxy) is 1. The van der Waals surface area contributed by atoms with Crippen LogP contribution in [0.15, 0.2) is 40.9 Å². The molecule has 4 rings (SSSR count). The lowest BCUT2D eigenvalue weighted by Crippen LogP contribution is -2.45. The molecule has 0 radical (unpaired) electrons. The van der Waals surface area contributed by atoms with Crippen LogP contribution < -0.4 is 15.2 Å². The van der Waals surface area contributed by atoms with Gasteiger partial charge in [-0.05, 0) is 35.5 Å². The summed E-state index contributed by atoms with van der Waals surface area (Å²) < 4.78 is 25.2. The second-order valence-corrected chi connectivity index (χ2v) is 14.3. The van der Waals surface area contributed by atoms with Crippen molar-refractivity contribution in [2.45, 2.75) is 39.0 Å². The zero-order valence-corrected chi connectivity index (χ0v) is 21.0. The van der Waals surface area contributed by atoms with Crippen LogP contribution >= 0.6 is 0 Å². The average molecular weight is 499 g/mol. The summed E-state index contributed by atoms with van der Waals surface area (Å²) in [5, 5.41) is 16.3. The number of amides is 2. The Bertz CT molecular complexity index is 1270. The molecule has 0 fully saturated rings. The molecular weight excluding hydrogens is 471 g/mol. The van der Waals surface area contributed by atoms with E-state index in [9.17, 15) is 19.1 Å². The van der Waals surface area contributed by atoms with E-state index in [-0.39, 0.29) is 23.8 Å². The maximum atomic E-state index is 14.8. The first-order valence-electron chi connectivity index (χ1n) is 11.3. The molecule has 184 valence electrons. The first-order valence-corrected chi connectivity index (χ1v) is 14.8. The second kappa shape index (κ2) is 9.49. The Morgan fingerprint density at radius 1 is 1.26 bits per heavy atom. The maximum Gasteiger partial charge on any atom is 0.293 e. The lowest BCUT2D eigenvalue weighted by molar-refractivity contribution is -0.121. The molecule has 0 saturated heterocycles. The van der Waals surface area contributed by atoms with Gasteiger partial charge in [-0.3, -0.25) is 9.59 Å². The van der Waals surface area contributed by atoms with Crippen molar-refractivity contribution in [2.24, 2.45) is 0 Å². The molecule has 1 aliphatic heterocycles. The van der Waals surface area contributed by atoms with E-state index in [1.807, 2.05) is 26.6 Å². The van der Waals surface area contributed by atoms with Gasteiger partial charge in [-0.1, -0.05) is 25.7 Å². The van der Waals surface area contributed by atoms with Crippen LogP contribution in [-0.2, 0) is 11.2 Å². The van der Waals surface area contributed by atoms with Crippen molar-refractivity contribution in [1.29, 1.82) is 0 Å². The van der Waals surface area contributed by atoms with Gasteiger partial charge in [-0.2, -0.15) is 0 Å². The topological polar surface area (TPSA) is 118 Å². The SMILES string of the molecule is CCOc1ccc2c(n1)CCN(C(=O)c1cc(O)no1)[C@@H]2C(=O)Nc1ccc([Si](C)(C)C)c(F)c1. The third-order valence-electron chi connectivity index (χ3n) is 5.73. The number of halogens is 1. The molecular formula is C24H27FN4O5Si. The molecule has 35 heavy (non-hydrogen) atoms. The van der Waals surface area contributed by atoms with Crippen molar-refractivity contribution < 1.29 is 28.3 Å². The summed E-state index contributed by atoms with van der Waals surface area (Å²) in [5.41, 5.74) is 1.43. The molecule has 2 amide bonds. The van der Waals surface area contributed by atoms with E-state index in [1.54, 1.807) is 24.3 Å². The van der Waals surface area contributed by atoms with Crippen LogP contribution in [0.1, 0.15) is 34.8 Å². The minimum atomic E-state index is -1.89. The van der Waals surface area contributed by atoms with Gasteiger partial charge < -0.3 is 24.6 Å². The van der Waals surface area contributed by atoms with Gasteiger partial charge in [0, 0.05) is 30.3 Å². The van der Waals surface area contributed by atoms with Crippen molar-refractivity contribution in [2.75, 3.05) is 18.5 Å². The van der Waals surface area contributed by atoms with Crippen LogP contribution in [0.25, 0.3) is 0 Å². The van der Waals surface area contributed by atoms with Gasteiger partial charge in [0.25, 0.3) is 17.7 Å². The van der Waals surface area contributed by atoms with E-state index >= 15 is 0 Å². The van der Waals surface area contributed by atoms with E-state index in [2.05, 4.69) is 15.5 Å². The van der Waals surface area contributed by atoms with Crippen molar-refractivity contribution in [3.8, 4) is 11.8 Å². The molecule has 1 atom stereocenters. The summed E-state index contributed by atoms with van der Waals surface area (Å²) in [7, 11) is -1.89. The number of rotatable bonds is 6. The molecule has 3 heterocycles. The molecule has 0 spiro atoms. The molecule has 1 aromatic carbocycles. The van der Waals surface area contributed by atoms with Crippen LogP contribution in [0, 0.1) is 5.82 Å². The number of hydrogen-bond acceptors (Lipinski definition) is 7. The van der Waals surface area contributed by atoms with Crippen molar-refractivity contribution in [1.82, 2.24) is 15.0 Å². The minimum absolute atomic E-state index is 0.164. The van der Waals surface area contributed by atoms with E-state index in [1.165, 1.54) is 11.0 Å². The average Bonchev–Trinajstić information content (AvgIpc) is 3.23. The van der Waals surface area contributed by atoms with E-state index < -0.39 is 31.8 Å². The Kier molecular flexibility index (Phi) is 6.61. The molecule has 0 bridgehead atoms. The smallest absolute Gasteiger partial charge is 0.293 e. The van der Waals surface area contributed by atoms with Crippen molar-refractivity contribution >= 4 is 30.8 Å². The van der Waals surface area contributed by atoms with E-state index in [4.69, 9.17) is 9.26 Å². The summed E-state index contributed by atoms with van der Waals surface area (Å²) in [6.45, 7) is 8.56. The number of fused-ring (bicyclic) bond motifs is 1. The normalized spacial score (nSPS) is 15.5. The Morgan fingerprint density at radius 2 is 2.03 bits per heavy atom. The van der Waals surface area contributed by atoms with Crippen LogP contribution in [0.4, 0.5) is 10.1 Å². The highest BCUT2D eigenvalue weighted by Gasteiger charge is 2.38. The molecule has 1 aliphatic rings. The number of aromatic nitrogens is 2. The molecule has 0 unspecified atom stereocenters. The first-order chi connectivity index (χ1) is 16.6. The zero-order chi connectivity index (χ0) is 25.3. The molecule has 2 aromatic heterocycles. The summed E-state index contributed by atoms with van der Waals surface area (Å²) in [6.07, 6.45) is 0.380. The number of carbonyl (C=O) groups excluding carboxylic acids is 2. The second-order valence-electron chi connectivity index (χ2n) is 9.25. The fourth-order valence-corrected chi connectivity index (χ4v) is 5.49. The molecule has 3 aromatic rings. The van der Waals surface area contributed by atoms with Gasteiger partial charge in [-0.15, -0.1) is 0 Å². The number of hydrogen-bond donors (Lipinski definition) is 2. The first kappa shape index (κ1) is 24.4. The predicted octanol–water partition coefficient (Wildman–Crippen LogP) is 3.24. The molecule has 0 saturated carbocycles. The van der Waals surface area contributed by atoms with Gasteiger partial charge in [-0.25, -0.2) is 9.37 Å². The lowest BCUT2D eigenvalue weighted by atomic mass is 9.95. The predicted molar refractivity (Wildman–Crippen MR) is 129 cm³/mol. The van der Waals surface area contributed by atoms with E-state index in [0.717, 1.165) is 6.07 Å². The zero-order valence-electron chi connectivity index (χ0n) is 20.0.